The van der Waals surface area contributed by atoms with Crippen molar-refractivity contribution in [2.75, 3.05) is 29.1 Å². The number of nitrogens with one attached hydrogen (secondary N) is 2. The SMILES string of the molecule is Nc1c(NCC2CCS(=O)(=O)C2)nc[nH]c1=O. The van der Waals surface area contributed by atoms with E-state index in [0.717, 1.165) is 0 Å². The minimum Gasteiger partial charge on any atom is -0.391 e. The van der Waals surface area contributed by atoms with E-state index in [1.54, 1.807) is 0 Å². The van der Waals surface area contributed by atoms with E-state index >= 15 is 0 Å². The van der Waals surface area contributed by atoms with Gasteiger partial charge in [0, 0.05) is 6.54 Å². The van der Waals surface area contributed by atoms with Crippen LogP contribution in [0.15, 0.2) is 11.1 Å². The molecular formula is C9H14N4O3S. The van der Waals surface area contributed by atoms with Crippen molar-refractivity contribution in [2.45, 2.75) is 6.42 Å². The van der Waals surface area contributed by atoms with Gasteiger partial charge in [0.2, 0.25) is 0 Å². The topological polar surface area (TPSA) is 118 Å². The molecule has 1 atom stereocenters. The Morgan fingerprint density at radius 3 is 3.00 bits per heavy atom. The zero-order valence-electron chi connectivity index (χ0n) is 9.14. The summed E-state index contributed by atoms with van der Waals surface area (Å²) in [5.41, 5.74) is 5.15. The second-order valence-corrected chi connectivity index (χ2v) is 6.37. The molecule has 1 unspecified atom stereocenters. The highest BCUT2D eigenvalue weighted by atomic mass is 32.2. The van der Waals surface area contributed by atoms with Gasteiger partial charge in [0.1, 0.15) is 5.69 Å². The molecule has 2 heterocycles. The van der Waals surface area contributed by atoms with E-state index in [0.29, 0.717) is 18.8 Å². The molecular weight excluding hydrogens is 244 g/mol. The highest BCUT2D eigenvalue weighted by Gasteiger charge is 2.27. The summed E-state index contributed by atoms with van der Waals surface area (Å²) in [5.74, 6) is 0.777. The highest BCUT2D eigenvalue weighted by Crippen LogP contribution is 2.19. The van der Waals surface area contributed by atoms with Gasteiger partial charge in [-0.25, -0.2) is 13.4 Å². The fourth-order valence-corrected chi connectivity index (χ4v) is 3.69. The lowest BCUT2D eigenvalue weighted by molar-refractivity contribution is 0.595. The van der Waals surface area contributed by atoms with E-state index in [-0.39, 0.29) is 23.1 Å². The van der Waals surface area contributed by atoms with Crippen LogP contribution in [-0.4, -0.2) is 36.4 Å². The zero-order chi connectivity index (χ0) is 12.5. The molecule has 0 spiro atoms. The van der Waals surface area contributed by atoms with E-state index in [4.69, 9.17) is 5.73 Å². The third-order valence-corrected chi connectivity index (χ3v) is 4.61. The van der Waals surface area contributed by atoms with Crippen molar-refractivity contribution in [1.29, 1.82) is 0 Å². The molecule has 1 saturated heterocycles. The quantitative estimate of drug-likeness (QED) is 0.653. The zero-order valence-corrected chi connectivity index (χ0v) is 9.96. The summed E-state index contributed by atoms with van der Waals surface area (Å²) in [6, 6.07) is 0. The van der Waals surface area contributed by atoms with Gasteiger partial charge in [0.15, 0.2) is 15.7 Å². The van der Waals surface area contributed by atoms with Gasteiger partial charge in [0.25, 0.3) is 5.56 Å². The number of hydrogen-bond acceptors (Lipinski definition) is 6. The smallest absolute Gasteiger partial charge is 0.276 e. The van der Waals surface area contributed by atoms with Gasteiger partial charge in [-0.05, 0) is 12.3 Å². The molecule has 0 radical (unpaired) electrons. The average molecular weight is 258 g/mol. The average Bonchev–Trinajstić information content (AvgIpc) is 2.61. The van der Waals surface area contributed by atoms with Gasteiger partial charge in [-0.2, -0.15) is 0 Å². The maximum Gasteiger partial charge on any atom is 0.276 e. The van der Waals surface area contributed by atoms with Gasteiger partial charge in [0.05, 0.1) is 17.8 Å². The molecule has 94 valence electrons. The fourth-order valence-electron chi connectivity index (χ4n) is 1.83. The predicted molar refractivity (Wildman–Crippen MR) is 64.5 cm³/mol. The molecule has 2 rings (SSSR count). The number of nitrogen functional groups attached to an aromatic ring is 1. The Bertz CT molecular complexity index is 566. The number of anilines is 2. The first-order chi connectivity index (χ1) is 7.98. The lowest BCUT2D eigenvalue weighted by Gasteiger charge is -2.10. The van der Waals surface area contributed by atoms with Crippen molar-refractivity contribution < 1.29 is 8.42 Å². The van der Waals surface area contributed by atoms with Crippen molar-refractivity contribution in [3.63, 3.8) is 0 Å². The van der Waals surface area contributed by atoms with E-state index in [1.165, 1.54) is 6.33 Å². The van der Waals surface area contributed by atoms with Crippen LogP contribution >= 0.6 is 0 Å². The Balaban J connectivity index is 1.99. The minimum absolute atomic E-state index is 0.0216. The summed E-state index contributed by atoms with van der Waals surface area (Å²) in [5, 5.41) is 2.91. The van der Waals surface area contributed by atoms with Gasteiger partial charge in [-0.15, -0.1) is 0 Å². The lowest BCUT2D eigenvalue weighted by Crippen LogP contribution is -2.20. The second-order valence-electron chi connectivity index (χ2n) is 4.14. The second kappa shape index (κ2) is 4.36. The molecule has 7 nitrogen and oxygen atoms in total. The largest absolute Gasteiger partial charge is 0.391 e. The first-order valence-electron chi connectivity index (χ1n) is 5.25. The maximum atomic E-state index is 11.3. The Morgan fingerprint density at radius 2 is 2.35 bits per heavy atom. The van der Waals surface area contributed by atoms with Gasteiger partial charge >= 0.3 is 0 Å². The molecule has 1 aromatic heterocycles. The summed E-state index contributed by atoms with van der Waals surface area (Å²) in [7, 11) is -2.88. The van der Waals surface area contributed by atoms with Crippen molar-refractivity contribution in [3.05, 3.63) is 16.7 Å². The first-order valence-corrected chi connectivity index (χ1v) is 7.07. The number of rotatable bonds is 3. The van der Waals surface area contributed by atoms with Crippen molar-refractivity contribution in [1.82, 2.24) is 9.97 Å². The van der Waals surface area contributed by atoms with Crippen molar-refractivity contribution in [2.24, 2.45) is 5.92 Å². The number of hydrogen-bond donors (Lipinski definition) is 3. The predicted octanol–water partition coefficient (Wildman–Crippen LogP) is -0.801. The number of nitrogens with two attached hydrogens (primary N) is 1. The summed E-state index contributed by atoms with van der Waals surface area (Å²) in [6.07, 6.45) is 1.89. The highest BCUT2D eigenvalue weighted by molar-refractivity contribution is 7.91. The Morgan fingerprint density at radius 1 is 1.59 bits per heavy atom. The summed E-state index contributed by atoms with van der Waals surface area (Å²) >= 11 is 0. The molecule has 0 aliphatic carbocycles. The van der Waals surface area contributed by atoms with Gasteiger partial charge in [-0.3, -0.25) is 4.79 Å². The molecule has 1 aliphatic rings. The first kappa shape index (κ1) is 11.9. The molecule has 1 aliphatic heterocycles. The van der Waals surface area contributed by atoms with E-state index in [9.17, 15) is 13.2 Å². The van der Waals surface area contributed by atoms with Crippen LogP contribution in [0, 0.1) is 5.92 Å². The summed E-state index contributed by atoms with van der Waals surface area (Å²) in [6.45, 7) is 0.458. The lowest BCUT2D eigenvalue weighted by atomic mass is 10.1. The molecule has 17 heavy (non-hydrogen) atoms. The molecule has 1 aromatic rings. The molecule has 0 amide bonds. The number of aromatic nitrogens is 2. The van der Waals surface area contributed by atoms with Crippen LogP contribution in [0.1, 0.15) is 6.42 Å². The van der Waals surface area contributed by atoms with E-state index in [1.807, 2.05) is 0 Å². The summed E-state index contributed by atoms with van der Waals surface area (Å²) in [4.78, 5) is 17.4. The third kappa shape index (κ3) is 2.76. The number of nitrogens with zero attached hydrogens (tertiary/aromatic N) is 1. The fraction of sp³-hybridized carbons (Fsp3) is 0.556. The molecule has 4 N–H and O–H groups in total. The summed E-state index contributed by atoms with van der Waals surface area (Å²) < 4.78 is 22.5. The van der Waals surface area contributed by atoms with Crippen LogP contribution in [0.4, 0.5) is 11.5 Å². The maximum absolute atomic E-state index is 11.3. The van der Waals surface area contributed by atoms with Gasteiger partial charge < -0.3 is 16.0 Å². The molecule has 0 bridgehead atoms. The Labute approximate surface area is 98.4 Å². The monoisotopic (exact) mass is 258 g/mol. The van der Waals surface area contributed by atoms with Crippen LogP contribution in [0.25, 0.3) is 0 Å². The van der Waals surface area contributed by atoms with E-state index in [2.05, 4.69) is 15.3 Å². The number of H-pyrrole nitrogens is 1. The van der Waals surface area contributed by atoms with Crippen molar-refractivity contribution in [3.8, 4) is 0 Å². The Kier molecular flexibility index (Phi) is 3.05. The third-order valence-electron chi connectivity index (χ3n) is 2.77. The molecule has 1 fully saturated rings. The van der Waals surface area contributed by atoms with E-state index < -0.39 is 15.4 Å². The van der Waals surface area contributed by atoms with Crippen LogP contribution in [0.3, 0.4) is 0 Å². The number of sulfone groups is 1. The molecule has 8 heteroatoms. The van der Waals surface area contributed by atoms with Crippen LogP contribution in [-0.2, 0) is 9.84 Å². The molecule has 0 saturated carbocycles. The normalized spacial score (nSPS) is 22.5. The van der Waals surface area contributed by atoms with Crippen molar-refractivity contribution >= 4 is 21.3 Å². The Hall–Kier alpha value is -1.57. The minimum atomic E-state index is -2.88. The number of aromatic amines is 1. The molecule has 0 aromatic carbocycles. The van der Waals surface area contributed by atoms with Crippen LogP contribution in [0.2, 0.25) is 0 Å². The van der Waals surface area contributed by atoms with Gasteiger partial charge in [-0.1, -0.05) is 0 Å². The standard InChI is InChI=1S/C9H14N4O3S/c10-7-8(12-5-13-9(7)14)11-3-6-1-2-17(15,16)4-6/h5-6H,1-4,10H2,(H2,11,12,13,14). The van der Waals surface area contributed by atoms with Crippen LogP contribution < -0.4 is 16.6 Å². The van der Waals surface area contributed by atoms with Crippen LogP contribution in [0.5, 0.6) is 0 Å².